The van der Waals surface area contributed by atoms with Crippen molar-refractivity contribution in [2.24, 2.45) is 0 Å². The fourth-order valence-electron chi connectivity index (χ4n) is 1.24. The summed E-state index contributed by atoms with van der Waals surface area (Å²) in [5, 5.41) is 0. The molecule has 0 fully saturated rings. The monoisotopic (exact) mass is 252 g/mol. The molecule has 0 saturated heterocycles. The number of aryl methyl sites for hydroxylation is 1. The van der Waals surface area contributed by atoms with Crippen molar-refractivity contribution in [2.45, 2.75) is 13.8 Å². The molecule has 0 atom stereocenters. The van der Waals surface area contributed by atoms with Gasteiger partial charge in [0, 0.05) is 0 Å². The molecule has 5 heteroatoms. The highest BCUT2D eigenvalue weighted by Gasteiger charge is 2.09. The molecule has 0 heterocycles. The van der Waals surface area contributed by atoms with Gasteiger partial charge < -0.3 is 14.2 Å². The Balaban J connectivity index is 2.30. The predicted octanol–water partition coefficient (Wildman–Crippen LogP) is 1.48. The lowest BCUT2D eigenvalue weighted by molar-refractivity contribution is -0.151. The summed E-state index contributed by atoms with van der Waals surface area (Å²) in [5.74, 6) is -0.558. The molecular formula is C13H16O5. The summed E-state index contributed by atoms with van der Waals surface area (Å²) in [6, 6.07) is 7.15. The average molecular weight is 252 g/mol. The Kier molecular flexibility index (Phi) is 5.87. The summed E-state index contributed by atoms with van der Waals surface area (Å²) in [4.78, 5) is 22.3. The van der Waals surface area contributed by atoms with Crippen LogP contribution in [0.1, 0.15) is 12.5 Å². The minimum absolute atomic E-state index is 0.253. The van der Waals surface area contributed by atoms with Crippen LogP contribution in [-0.2, 0) is 19.1 Å². The van der Waals surface area contributed by atoms with E-state index in [2.05, 4.69) is 4.74 Å². The zero-order chi connectivity index (χ0) is 13.4. The molecule has 0 N–H and O–H groups in total. The normalized spacial score (nSPS) is 9.89. The van der Waals surface area contributed by atoms with E-state index in [1.165, 1.54) is 0 Å². The quantitative estimate of drug-likeness (QED) is 0.567. The van der Waals surface area contributed by atoms with Crippen LogP contribution < -0.4 is 4.74 Å². The number of esters is 2. The van der Waals surface area contributed by atoms with Crippen molar-refractivity contribution in [1.29, 1.82) is 0 Å². The third-order valence-electron chi connectivity index (χ3n) is 2.06. The highest BCUT2D eigenvalue weighted by atomic mass is 16.6. The van der Waals surface area contributed by atoms with Crippen molar-refractivity contribution < 1.29 is 23.8 Å². The fraction of sp³-hybridized carbons (Fsp3) is 0.385. The molecule has 0 unspecified atom stereocenters. The number of hydrogen-bond acceptors (Lipinski definition) is 5. The van der Waals surface area contributed by atoms with Crippen LogP contribution in [-0.4, -0.2) is 31.8 Å². The maximum atomic E-state index is 11.4. The molecule has 0 aliphatic heterocycles. The molecule has 98 valence electrons. The van der Waals surface area contributed by atoms with E-state index in [9.17, 15) is 9.59 Å². The smallest absolute Gasteiger partial charge is 0.337 e. The first-order valence-electron chi connectivity index (χ1n) is 5.63. The summed E-state index contributed by atoms with van der Waals surface area (Å²) in [7, 11) is 0. The van der Waals surface area contributed by atoms with Gasteiger partial charge in [0.25, 0.3) is 0 Å². The van der Waals surface area contributed by atoms with Crippen LogP contribution in [0.25, 0.3) is 0 Å². The lowest BCUT2D eigenvalue weighted by Crippen LogP contribution is -2.20. The van der Waals surface area contributed by atoms with Crippen LogP contribution in [0.15, 0.2) is 24.3 Å². The number of ether oxygens (including phenoxy) is 3. The second kappa shape index (κ2) is 7.45. The lowest BCUT2D eigenvalue weighted by atomic mass is 10.2. The van der Waals surface area contributed by atoms with Gasteiger partial charge in [-0.2, -0.15) is 0 Å². The molecule has 5 nitrogen and oxygen atoms in total. The van der Waals surface area contributed by atoms with Crippen LogP contribution in [0.4, 0.5) is 0 Å². The summed E-state index contributed by atoms with van der Waals surface area (Å²) in [6.07, 6.45) is 0. The van der Waals surface area contributed by atoms with Crippen LogP contribution >= 0.6 is 0 Å². The first kappa shape index (κ1) is 14.2. The van der Waals surface area contributed by atoms with Crippen LogP contribution in [0.3, 0.4) is 0 Å². The molecule has 0 saturated carbocycles. The van der Waals surface area contributed by atoms with Gasteiger partial charge in [-0.05, 0) is 25.5 Å². The molecule has 18 heavy (non-hydrogen) atoms. The van der Waals surface area contributed by atoms with E-state index < -0.39 is 11.9 Å². The standard InChI is InChI=1S/C13H16O5/c1-3-17-12(14)8-16-9-13(15)18-11-7-5-4-6-10(11)2/h4-7H,3,8-9H2,1-2H3. The number of para-hydroxylation sites is 1. The SMILES string of the molecule is CCOC(=O)COCC(=O)Oc1ccccc1C. The van der Waals surface area contributed by atoms with Gasteiger partial charge in [-0.3, -0.25) is 0 Å². The zero-order valence-corrected chi connectivity index (χ0v) is 10.5. The topological polar surface area (TPSA) is 61.8 Å². The van der Waals surface area contributed by atoms with Gasteiger partial charge in [0.15, 0.2) is 0 Å². The molecule has 0 radical (unpaired) electrons. The Morgan fingerprint density at radius 3 is 2.44 bits per heavy atom. The van der Waals surface area contributed by atoms with Crippen molar-refractivity contribution >= 4 is 11.9 Å². The van der Waals surface area contributed by atoms with Crippen LogP contribution in [0.5, 0.6) is 5.75 Å². The summed E-state index contributed by atoms with van der Waals surface area (Å²) >= 11 is 0. The van der Waals surface area contributed by atoms with Gasteiger partial charge in [-0.1, -0.05) is 18.2 Å². The number of carbonyl (C=O) groups is 2. The summed E-state index contributed by atoms with van der Waals surface area (Å²) < 4.78 is 14.6. The molecule has 1 rings (SSSR count). The number of rotatable bonds is 6. The van der Waals surface area contributed by atoms with E-state index in [1.807, 2.05) is 19.1 Å². The van der Waals surface area contributed by atoms with Gasteiger partial charge in [0.2, 0.25) is 0 Å². The van der Waals surface area contributed by atoms with Crippen LogP contribution in [0.2, 0.25) is 0 Å². The second-order valence-corrected chi connectivity index (χ2v) is 3.54. The molecule has 0 spiro atoms. The van der Waals surface area contributed by atoms with Crippen molar-refractivity contribution in [1.82, 2.24) is 0 Å². The van der Waals surface area contributed by atoms with E-state index >= 15 is 0 Å². The molecule has 1 aromatic rings. The van der Waals surface area contributed by atoms with E-state index in [0.717, 1.165) is 5.56 Å². The average Bonchev–Trinajstić information content (AvgIpc) is 2.32. The Hall–Kier alpha value is -1.88. The Labute approximate surface area is 106 Å². The largest absolute Gasteiger partial charge is 0.464 e. The molecule has 0 amide bonds. The van der Waals surface area contributed by atoms with Gasteiger partial charge in [0.1, 0.15) is 19.0 Å². The summed E-state index contributed by atoms with van der Waals surface area (Å²) in [5.41, 5.74) is 0.858. The first-order chi connectivity index (χ1) is 8.63. The van der Waals surface area contributed by atoms with Gasteiger partial charge in [-0.25, -0.2) is 9.59 Å². The molecule has 1 aromatic carbocycles. The van der Waals surface area contributed by atoms with E-state index in [4.69, 9.17) is 9.47 Å². The molecule has 0 aliphatic carbocycles. The first-order valence-corrected chi connectivity index (χ1v) is 5.63. The third-order valence-corrected chi connectivity index (χ3v) is 2.06. The van der Waals surface area contributed by atoms with Crippen LogP contribution in [0, 0.1) is 6.92 Å². The number of benzene rings is 1. The van der Waals surface area contributed by atoms with E-state index in [0.29, 0.717) is 5.75 Å². The molecular weight excluding hydrogens is 236 g/mol. The Bertz CT molecular complexity index is 414. The Morgan fingerprint density at radius 2 is 1.78 bits per heavy atom. The molecule has 0 aromatic heterocycles. The number of hydrogen-bond donors (Lipinski definition) is 0. The second-order valence-electron chi connectivity index (χ2n) is 3.54. The molecule has 0 aliphatic rings. The highest BCUT2D eigenvalue weighted by molar-refractivity contribution is 5.75. The van der Waals surface area contributed by atoms with Crippen molar-refractivity contribution in [3.63, 3.8) is 0 Å². The maximum absolute atomic E-state index is 11.4. The van der Waals surface area contributed by atoms with Crippen molar-refractivity contribution in [3.05, 3.63) is 29.8 Å². The fourth-order valence-corrected chi connectivity index (χ4v) is 1.24. The molecule has 0 bridgehead atoms. The number of carbonyl (C=O) groups excluding carboxylic acids is 2. The van der Waals surface area contributed by atoms with Gasteiger partial charge in [0.05, 0.1) is 6.61 Å². The summed E-state index contributed by atoms with van der Waals surface area (Å²) in [6.45, 7) is 3.28. The minimum atomic E-state index is -0.548. The minimum Gasteiger partial charge on any atom is -0.464 e. The zero-order valence-electron chi connectivity index (χ0n) is 10.5. The van der Waals surface area contributed by atoms with Crippen molar-refractivity contribution in [2.75, 3.05) is 19.8 Å². The van der Waals surface area contributed by atoms with Crippen molar-refractivity contribution in [3.8, 4) is 5.75 Å². The highest BCUT2D eigenvalue weighted by Crippen LogP contribution is 2.16. The Morgan fingerprint density at radius 1 is 1.11 bits per heavy atom. The van der Waals surface area contributed by atoms with Gasteiger partial charge >= 0.3 is 11.9 Å². The lowest BCUT2D eigenvalue weighted by Gasteiger charge is -2.07. The van der Waals surface area contributed by atoms with E-state index in [1.54, 1.807) is 19.1 Å². The maximum Gasteiger partial charge on any atom is 0.337 e. The third kappa shape index (κ3) is 4.97. The van der Waals surface area contributed by atoms with Gasteiger partial charge in [-0.15, -0.1) is 0 Å². The predicted molar refractivity (Wildman–Crippen MR) is 64.3 cm³/mol. The van der Waals surface area contributed by atoms with E-state index in [-0.39, 0.29) is 19.8 Å².